The molecule has 0 bridgehead atoms. The third-order valence-electron chi connectivity index (χ3n) is 3.72. The van der Waals surface area contributed by atoms with Crippen LogP contribution in [0.15, 0.2) is 0 Å². The molecule has 0 saturated heterocycles. The van der Waals surface area contributed by atoms with Gasteiger partial charge in [0, 0.05) is 12.6 Å². The Morgan fingerprint density at radius 3 is 2.40 bits per heavy atom. The van der Waals surface area contributed by atoms with Crippen LogP contribution < -0.4 is 5.32 Å². The molecule has 0 heterocycles. The highest BCUT2D eigenvalue weighted by molar-refractivity contribution is 4.88. The van der Waals surface area contributed by atoms with Gasteiger partial charge >= 0.3 is 0 Å². The summed E-state index contributed by atoms with van der Waals surface area (Å²) in [5, 5.41) is 3.67. The minimum absolute atomic E-state index is 0.733. The molecule has 0 aromatic rings. The lowest BCUT2D eigenvalue weighted by atomic mass is 9.72. The highest BCUT2D eigenvalue weighted by atomic mass is 15.1. The van der Waals surface area contributed by atoms with E-state index in [1.54, 1.807) is 0 Å². The molecule has 90 valence electrons. The first-order valence-corrected chi connectivity index (χ1v) is 6.42. The van der Waals surface area contributed by atoms with E-state index in [-0.39, 0.29) is 0 Å². The summed E-state index contributed by atoms with van der Waals surface area (Å²) in [6, 6.07) is 0.733. The highest BCUT2D eigenvalue weighted by Gasteiger charge is 2.33. The topological polar surface area (TPSA) is 15.3 Å². The normalized spacial score (nSPS) is 37.2. The van der Waals surface area contributed by atoms with Gasteiger partial charge in [-0.25, -0.2) is 0 Å². The van der Waals surface area contributed by atoms with E-state index in [0.717, 1.165) is 30.3 Å². The van der Waals surface area contributed by atoms with Crippen LogP contribution >= 0.6 is 0 Å². The van der Waals surface area contributed by atoms with Gasteiger partial charge in [0.2, 0.25) is 0 Å². The molecule has 2 heteroatoms. The standard InChI is InChI=1S/C13H28N2/c1-6-14-13-8-10(2)7-11(3)12(13)9-15(4)5/h10-14H,6-9H2,1-5H3. The molecule has 0 amide bonds. The van der Waals surface area contributed by atoms with Crippen molar-refractivity contribution >= 4 is 0 Å². The largest absolute Gasteiger partial charge is 0.314 e. The van der Waals surface area contributed by atoms with Gasteiger partial charge in [0.1, 0.15) is 0 Å². The van der Waals surface area contributed by atoms with E-state index in [9.17, 15) is 0 Å². The maximum atomic E-state index is 3.67. The molecular weight excluding hydrogens is 184 g/mol. The summed E-state index contributed by atoms with van der Waals surface area (Å²) in [7, 11) is 4.38. The van der Waals surface area contributed by atoms with Gasteiger partial charge in [-0.05, 0) is 51.2 Å². The van der Waals surface area contributed by atoms with Gasteiger partial charge in [0.05, 0.1) is 0 Å². The van der Waals surface area contributed by atoms with Gasteiger partial charge in [0.25, 0.3) is 0 Å². The van der Waals surface area contributed by atoms with E-state index in [1.807, 2.05) is 0 Å². The number of nitrogens with one attached hydrogen (secondary N) is 1. The summed E-state index contributed by atoms with van der Waals surface area (Å²) >= 11 is 0. The second kappa shape index (κ2) is 5.86. The summed E-state index contributed by atoms with van der Waals surface area (Å²) < 4.78 is 0. The van der Waals surface area contributed by atoms with Crippen molar-refractivity contribution in [3.8, 4) is 0 Å². The number of hydrogen-bond donors (Lipinski definition) is 1. The van der Waals surface area contributed by atoms with E-state index in [2.05, 4.69) is 45.1 Å². The van der Waals surface area contributed by atoms with E-state index in [4.69, 9.17) is 0 Å². The third-order valence-corrected chi connectivity index (χ3v) is 3.72. The second-order valence-corrected chi connectivity index (χ2v) is 5.64. The SMILES string of the molecule is CCNC1CC(C)CC(C)C1CN(C)C. The predicted octanol–water partition coefficient (Wildman–Crippen LogP) is 2.21. The van der Waals surface area contributed by atoms with Crippen LogP contribution in [-0.2, 0) is 0 Å². The Labute approximate surface area is 95.4 Å². The third kappa shape index (κ3) is 3.76. The predicted molar refractivity (Wildman–Crippen MR) is 67.1 cm³/mol. The summed E-state index contributed by atoms with van der Waals surface area (Å²) in [4.78, 5) is 2.33. The lowest BCUT2D eigenvalue weighted by molar-refractivity contribution is 0.121. The summed E-state index contributed by atoms with van der Waals surface area (Å²) in [6.45, 7) is 9.37. The first kappa shape index (κ1) is 13.0. The van der Waals surface area contributed by atoms with Crippen LogP contribution in [0.3, 0.4) is 0 Å². The molecule has 1 N–H and O–H groups in total. The molecule has 1 aliphatic carbocycles. The van der Waals surface area contributed by atoms with Crippen LogP contribution in [0.4, 0.5) is 0 Å². The fourth-order valence-electron chi connectivity index (χ4n) is 3.14. The van der Waals surface area contributed by atoms with Crippen LogP contribution in [0.5, 0.6) is 0 Å². The fourth-order valence-corrected chi connectivity index (χ4v) is 3.14. The molecule has 0 aromatic carbocycles. The van der Waals surface area contributed by atoms with Crippen molar-refractivity contribution in [2.24, 2.45) is 17.8 Å². The van der Waals surface area contributed by atoms with E-state index in [1.165, 1.54) is 19.4 Å². The fraction of sp³-hybridized carbons (Fsp3) is 1.00. The Balaban J connectivity index is 2.59. The maximum Gasteiger partial charge on any atom is 0.0112 e. The summed E-state index contributed by atoms with van der Waals surface area (Å²) in [5.41, 5.74) is 0. The van der Waals surface area contributed by atoms with E-state index in [0.29, 0.717) is 0 Å². The molecule has 1 rings (SSSR count). The molecule has 0 radical (unpaired) electrons. The van der Waals surface area contributed by atoms with Gasteiger partial charge in [-0.15, -0.1) is 0 Å². The van der Waals surface area contributed by atoms with Gasteiger partial charge in [-0.2, -0.15) is 0 Å². The first-order valence-electron chi connectivity index (χ1n) is 6.42. The molecule has 15 heavy (non-hydrogen) atoms. The molecule has 4 atom stereocenters. The van der Waals surface area contributed by atoms with Crippen molar-refractivity contribution in [3.05, 3.63) is 0 Å². The van der Waals surface area contributed by atoms with E-state index >= 15 is 0 Å². The quantitative estimate of drug-likeness (QED) is 0.768. The number of hydrogen-bond acceptors (Lipinski definition) is 2. The van der Waals surface area contributed by atoms with Gasteiger partial charge < -0.3 is 10.2 Å². The second-order valence-electron chi connectivity index (χ2n) is 5.64. The summed E-state index contributed by atoms with van der Waals surface area (Å²) in [6.07, 6.45) is 2.76. The molecule has 4 unspecified atom stereocenters. The van der Waals surface area contributed by atoms with Crippen molar-refractivity contribution in [2.45, 2.75) is 39.7 Å². The van der Waals surface area contributed by atoms with Crippen LogP contribution in [0.1, 0.15) is 33.6 Å². The smallest absolute Gasteiger partial charge is 0.0112 e. The van der Waals surface area contributed by atoms with Gasteiger partial charge in [0.15, 0.2) is 0 Å². The van der Waals surface area contributed by atoms with E-state index < -0.39 is 0 Å². The Morgan fingerprint density at radius 1 is 1.20 bits per heavy atom. The highest BCUT2D eigenvalue weighted by Crippen LogP contribution is 2.33. The zero-order valence-electron chi connectivity index (χ0n) is 11.1. The van der Waals surface area contributed by atoms with Crippen LogP contribution in [-0.4, -0.2) is 38.1 Å². The first-order chi connectivity index (χ1) is 7.04. The Hall–Kier alpha value is -0.0800. The summed E-state index contributed by atoms with van der Waals surface area (Å²) in [5.74, 6) is 2.58. The minimum Gasteiger partial charge on any atom is -0.314 e. The van der Waals surface area contributed by atoms with Crippen molar-refractivity contribution in [3.63, 3.8) is 0 Å². The Kier molecular flexibility index (Phi) is 5.07. The van der Waals surface area contributed by atoms with Gasteiger partial charge in [-0.1, -0.05) is 20.8 Å². The molecule has 1 fully saturated rings. The van der Waals surface area contributed by atoms with Crippen molar-refractivity contribution in [2.75, 3.05) is 27.2 Å². The minimum atomic E-state index is 0.733. The van der Waals surface area contributed by atoms with Crippen molar-refractivity contribution in [1.29, 1.82) is 0 Å². The average molecular weight is 212 g/mol. The van der Waals surface area contributed by atoms with Crippen molar-refractivity contribution in [1.82, 2.24) is 10.2 Å². The lowest BCUT2D eigenvalue weighted by Crippen LogP contribution is -2.48. The zero-order valence-corrected chi connectivity index (χ0v) is 11.1. The molecule has 0 aromatic heterocycles. The molecule has 0 spiro atoms. The molecule has 1 saturated carbocycles. The zero-order chi connectivity index (χ0) is 11.4. The van der Waals surface area contributed by atoms with Crippen LogP contribution in [0.2, 0.25) is 0 Å². The molecule has 2 nitrogen and oxygen atoms in total. The Bertz CT molecular complexity index is 179. The number of rotatable bonds is 4. The number of nitrogens with zero attached hydrogens (tertiary/aromatic N) is 1. The monoisotopic (exact) mass is 212 g/mol. The molecular formula is C13H28N2. The Morgan fingerprint density at radius 2 is 1.87 bits per heavy atom. The van der Waals surface area contributed by atoms with Crippen LogP contribution in [0.25, 0.3) is 0 Å². The lowest BCUT2D eigenvalue weighted by Gasteiger charge is -2.41. The molecule has 1 aliphatic rings. The van der Waals surface area contributed by atoms with Gasteiger partial charge in [-0.3, -0.25) is 0 Å². The van der Waals surface area contributed by atoms with Crippen LogP contribution in [0, 0.1) is 17.8 Å². The average Bonchev–Trinajstić information content (AvgIpc) is 2.11. The maximum absolute atomic E-state index is 3.67. The molecule has 0 aliphatic heterocycles. The van der Waals surface area contributed by atoms with Crippen molar-refractivity contribution < 1.29 is 0 Å².